The number of aromatic nitrogens is 2. The van der Waals surface area contributed by atoms with Crippen molar-refractivity contribution in [1.29, 1.82) is 0 Å². The second-order valence-electron chi connectivity index (χ2n) is 3.38. The molecule has 19 heavy (non-hydrogen) atoms. The molecule has 0 aliphatic carbocycles. The van der Waals surface area contributed by atoms with E-state index in [0.29, 0.717) is 11.0 Å². The SMILES string of the molecule is CSc1nc(NN)cc(Oc2cccc(F)c2F)n1. The summed E-state index contributed by atoms with van der Waals surface area (Å²) in [5.74, 6) is 3.31. The summed E-state index contributed by atoms with van der Waals surface area (Å²) in [6.45, 7) is 0. The molecule has 0 fully saturated rings. The number of halogens is 2. The molecule has 0 bridgehead atoms. The van der Waals surface area contributed by atoms with Crippen molar-refractivity contribution in [3.63, 3.8) is 0 Å². The summed E-state index contributed by atoms with van der Waals surface area (Å²) in [6, 6.07) is 5.02. The van der Waals surface area contributed by atoms with Gasteiger partial charge in [-0.05, 0) is 18.4 Å². The molecule has 0 aliphatic heterocycles. The molecule has 0 saturated heterocycles. The maximum absolute atomic E-state index is 13.5. The molecule has 0 aliphatic rings. The molecule has 2 rings (SSSR count). The van der Waals surface area contributed by atoms with Crippen LogP contribution in [0.3, 0.4) is 0 Å². The van der Waals surface area contributed by atoms with Crippen LogP contribution in [0.4, 0.5) is 14.6 Å². The quantitative estimate of drug-likeness (QED) is 0.389. The third-order valence-corrected chi connectivity index (χ3v) is 2.69. The van der Waals surface area contributed by atoms with E-state index < -0.39 is 11.6 Å². The summed E-state index contributed by atoms with van der Waals surface area (Å²) >= 11 is 1.26. The number of rotatable bonds is 4. The minimum Gasteiger partial charge on any atom is -0.436 e. The zero-order chi connectivity index (χ0) is 13.8. The van der Waals surface area contributed by atoms with Crippen molar-refractivity contribution >= 4 is 17.6 Å². The fraction of sp³-hybridized carbons (Fsp3) is 0.0909. The summed E-state index contributed by atoms with van der Waals surface area (Å²) in [5, 5.41) is 0.391. The van der Waals surface area contributed by atoms with Crippen molar-refractivity contribution in [1.82, 2.24) is 9.97 Å². The molecule has 5 nitrogen and oxygen atoms in total. The highest BCUT2D eigenvalue weighted by Gasteiger charge is 2.12. The Morgan fingerprint density at radius 2 is 2.11 bits per heavy atom. The van der Waals surface area contributed by atoms with Crippen LogP contribution in [0.1, 0.15) is 0 Å². The van der Waals surface area contributed by atoms with Crippen LogP contribution in [-0.2, 0) is 0 Å². The Balaban J connectivity index is 2.34. The van der Waals surface area contributed by atoms with E-state index >= 15 is 0 Å². The van der Waals surface area contributed by atoms with Gasteiger partial charge in [0.2, 0.25) is 11.7 Å². The predicted molar refractivity (Wildman–Crippen MR) is 68.1 cm³/mol. The smallest absolute Gasteiger partial charge is 0.225 e. The van der Waals surface area contributed by atoms with Crippen molar-refractivity contribution in [3.8, 4) is 11.6 Å². The van der Waals surface area contributed by atoms with Crippen molar-refractivity contribution in [2.45, 2.75) is 5.16 Å². The van der Waals surface area contributed by atoms with Crippen LogP contribution < -0.4 is 16.0 Å². The van der Waals surface area contributed by atoms with E-state index in [0.717, 1.165) is 6.07 Å². The predicted octanol–water partition coefficient (Wildman–Crippen LogP) is 2.55. The molecule has 0 spiro atoms. The van der Waals surface area contributed by atoms with Gasteiger partial charge in [-0.3, -0.25) is 0 Å². The molecule has 0 amide bonds. The molecule has 2 aromatic rings. The van der Waals surface area contributed by atoms with Gasteiger partial charge in [0.25, 0.3) is 0 Å². The van der Waals surface area contributed by atoms with E-state index in [1.54, 1.807) is 6.26 Å². The number of hydrazine groups is 1. The van der Waals surface area contributed by atoms with Crippen molar-refractivity contribution in [2.75, 3.05) is 11.7 Å². The van der Waals surface area contributed by atoms with Gasteiger partial charge in [0.05, 0.1) is 0 Å². The zero-order valence-electron chi connectivity index (χ0n) is 9.85. The first-order valence-electron chi connectivity index (χ1n) is 5.15. The maximum Gasteiger partial charge on any atom is 0.225 e. The van der Waals surface area contributed by atoms with E-state index in [-0.39, 0.29) is 11.6 Å². The number of thioether (sulfide) groups is 1. The van der Waals surface area contributed by atoms with Gasteiger partial charge in [-0.2, -0.15) is 9.37 Å². The van der Waals surface area contributed by atoms with Gasteiger partial charge < -0.3 is 10.2 Å². The lowest BCUT2D eigenvalue weighted by Gasteiger charge is -2.08. The van der Waals surface area contributed by atoms with Crippen molar-refractivity contribution in [2.24, 2.45) is 5.84 Å². The van der Waals surface area contributed by atoms with Gasteiger partial charge in [-0.25, -0.2) is 15.2 Å². The van der Waals surface area contributed by atoms with E-state index in [1.165, 1.54) is 30.0 Å². The van der Waals surface area contributed by atoms with Crippen molar-refractivity contribution < 1.29 is 13.5 Å². The normalized spacial score (nSPS) is 10.3. The number of nitrogens with zero attached hydrogens (tertiary/aromatic N) is 2. The Kier molecular flexibility index (Phi) is 4.13. The molecule has 3 N–H and O–H groups in total. The zero-order valence-corrected chi connectivity index (χ0v) is 10.7. The third-order valence-electron chi connectivity index (χ3n) is 2.14. The molecule has 0 atom stereocenters. The Labute approximate surface area is 112 Å². The fourth-order valence-electron chi connectivity index (χ4n) is 1.30. The number of hydrogen-bond donors (Lipinski definition) is 2. The van der Waals surface area contributed by atoms with E-state index in [9.17, 15) is 8.78 Å². The highest BCUT2D eigenvalue weighted by atomic mass is 32.2. The number of hydrogen-bond acceptors (Lipinski definition) is 6. The highest BCUT2D eigenvalue weighted by Crippen LogP contribution is 2.26. The van der Waals surface area contributed by atoms with Crippen LogP contribution in [0.5, 0.6) is 11.6 Å². The first kappa shape index (κ1) is 13.5. The largest absolute Gasteiger partial charge is 0.436 e. The van der Waals surface area contributed by atoms with Gasteiger partial charge in [-0.15, -0.1) is 0 Å². The fourth-order valence-corrected chi connectivity index (χ4v) is 1.67. The molecular weight excluding hydrogens is 274 g/mol. The topological polar surface area (TPSA) is 73.1 Å². The van der Waals surface area contributed by atoms with Crippen LogP contribution >= 0.6 is 11.8 Å². The minimum atomic E-state index is -1.07. The van der Waals surface area contributed by atoms with Crippen LogP contribution in [-0.4, -0.2) is 16.2 Å². The molecule has 1 aromatic carbocycles. The lowest BCUT2D eigenvalue weighted by Crippen LogP contribution is -2.09. The summed E-state index contributed by atoms with van der Waals surface area (Å²) < 4.78 is 31.7. The lowest BCUT2D eigenvalue weighted by atomic mass is 10.3. The summed E-state index contributed by atoms with van der Waals surface area (Å²) in [6.07, 6.45) is 1.77. The van der Waals surface area contributed by atoms with Gasteiger partial charge in [0, 0.05) is 6.07 Å². The summed E-state index contributed by atoms with van der Waals surface area (Å²) in [7, 11) is 0. The second kappa shape index (κ2) is 5.81. The van der Waals surface area contributed by atoms with Crippen LogP contribution in [0.25, 0.3) is 0 Å². The molecular formula is C11H10F2N4OS. The number of nitrogen functional groups attached to an aromatic ring is 1. The van der Waals surface area contributed by atoms with Gasteiger partial charge in [0.15, 0.2) is 16.7 Å². The van der Waals surface area contributed by atoms with Gasteiger partial charge in [0.1, 0.15) is 5.82 Å². The van der Waals surface area contributed by atoms with E-state index in [1.807, 2.05) is 0 Å². The monoisotopic (exact) mass is 284 g/mol. The summed E-state index contributed by atoms with van der Waals surface area (Å²) in [5.41, 5.74) is 2.34. The standard InChI is InChI=1S/C11H10F2N4OS/c1-19-11-15-8(17-14)5-9(16-11)18-7-4-2-3-6(12)10(7)13/h2-5H,14H2,1H3,(H,15,16,17). The Hall–Kier alpha value is -1.93. The maximum atomic E-state index is 13.5. The van der Waals surface area contributed by atoms with Crippen molar-refractivity contribution in [3.05, 3.63) is 35.9 Å². The number of benzene rings is 1. The second-order valence-corrected chi connectivity index (χ2v) is 4.15. The molecule has 0 unspecified atom stereocenters. The van der Waals surface area contributed by atoms with E-state index in [4.69, 9.17) is 10.6 Å². The van der Waals surface area contributed by atoms with Gasteiger partial charge in [-0.1, -0.05) is 17.8 Å². The average Bonchev–Trinajstić information content (AvgIpc) is 2.43. The molecule has 0 radical (unpaired) electrons. The lowest BCUT2D eigenvalue weighted by molar-refractivity contribution is 0.402. The first-order valence-corrected chi connectivity index (χ1v) is 6.38. The van der Waals surface area contributed by atoms with Crippen LogP contribution in [0, 0.1) is 11.6 Å². The number of ether oxygens (including phenoxy) is 1. The molecule has 1 heterocycles. The molecule has 100 valence electrons. The molecule has 8 heteroatoms. The molecule has 0 saturated carbocycles. The average molecular weight is 284 g/mol. The van der Waals surface area contributed by atoms with Gasteiger partial charge >= 0.3 is 0 Å². The highest BCUT2D eigenvalue weighted by molar-refractivity contribution is 7.98. The van der Waals surface area contributed by atoms with E-state index in [2.05, 4.69) is 15.4 Å². The Morgan fingerprint density at radius 1 is 1.32 bits per heavy atom. The van der Waals surface area contributed by atoms with Crippen LogP contribution in [0.15, 0.2) is 29.4 Å². The van der Waals surface area contributed by atoms with Crippen LogP contribution in [0.2, 0.25) is 0 Å². The first-order chi connectivity index (χ1) is 9.13. The minimum absolute atomic E-state index is 0.0665. The Bertz CT molecular complexity index is 575. The number of anilines is 1. The summed E-state index contributed by atoms with van der Waals surface area (Å²) in [4.78, 5) is 8.03. The Morgan fingerprint density at radius 3 is 2.79 bits per heavy atom. The molecule has 1 aromatic heterocycles. The third kappa shape index (κ3) is 3.09. The number of nitrogens with two attached hydrogens (primary N) is 1. The number of nitrogens with one attached hydrogen (secondary N) is 1.